The van der Waals surface area contributed by atoms with Crippen LogP contribution >= 0.6 is 23.6 Å². The zero-order chi connectivity index (χ0) is 24.1. The van der Waals surface area contributed by atoms with E-state index in [1.807, 2.05) is 0 Å². The normalized spacial score (nSPS) is 29.4. The fourth-order valence-corrected chi connectivity index (χ4v) is 5.66. The monoisotopic (exact) mass is 525 g/mol. The lowest BCUT2D eigenvalue weighted by Crippen LogP contribution is -2.33. The Morgan fingerprint density at radius 3 is 2.47 bits per heavy atom. The Morgan fingerprint density at radius 1 is 1.19 bits per heavy atom. The quantitative estimate of drug-likeness (QED) is 0.196. The second kappa shape index (κ2) is 8.64. The van der Waals surface area contributed by atoms with E-state index in [9.17, 15) is 37.8 Å². The first kappa shape index (κ1) is 25.0. The molecule has 0 spiro atoms. The van der Waals surface area contributed by atoms with Gasteiger partial charge in [-0.15, -0.1) is 4.20 Å². The molecule has 7 atom stereocenters. The number of hydrogen-bond donors (Lipinski definition) is 7. The van der Waals surface area contributed by atoms with Crippen LogP contribution in [0, 0.1) is 0 Å². The molecule has 0 amide bonds. The van der Waals surface area contributed by atoms with Crippen LogP contribution in [-0.2, 0) is 31.6 Å². The van der Waals surface area contributed by atoms with Crippen molar-refractivity contribution in [2.45, 2.75) is 24.5 Å². The summed E-state index contributed by atoms with van der Waals surface area (Å²) in [4.78, 5) is 48.4. The highest BCUT2D eigenvalue weighted by Crippen LogP contribution is 2.67. The molecule has 0 aromatic carbocycles. The van der Waals surface area contributed by atoms with Crippen molar-refractivity contribution in [2.24, 2.45) is 0 Å². The number of aliphatic hydroxyl groups excluding tert-OH is 2. The van der Waals surface area contributed by atoms with Gasteiger partial charge in [0, 0.05) is 0 Å². The number of nitrogens with zero attached hydrogens (tertiary/aromatic N) is 3. The summed E-state index contributed by atoms with van der Waals surface area (Å²) in [6, 6.07) is 0. The smallest absolute Gasteiger partial charge is 0.387 e. The second-order valence-electron chi connectivity index (χ2n) is 6.17. The Labute approximate surface area is 175 Å². The van der Waals surface area contributed by atoms with E-state index < -0.39 is 60.3 Å². The molecule has 2 aromatic heterocycles. The van der Waals surface area contributed by atoms with Gasteiger partial charge < -0.3 is 30.5 Å². The van der Waals surface area contributed by atoms with Gasteiger partial charge in [-0.2, -0.15) is 13.6 Å². The van der Waals surface area contributed by atoms with Gasteiger partial charge in [0.05, 0.1) is 12.9 Å². The molecule has 8 N–H and O–H groups in total. The van der Waals surface area contributed by atoms with Crippen molar-refractivity contribution >= 4 is 40.7 Å². The van der Waals surface area contributed by atoms with Crippen molar-refractivity contribution in [3.8, 4) is 0 Å². The third-order valence-electron chi connectivity index (χ3n) is 3.87. The summed E-state index contributed by atoms with van der Waals surface area (Å²) in [5, 5.41) is 20.4. The number of fused-ring (bicyclic) bond motifs is 1. The zero-order valence-corrected chi connectivity index (χ0v) is 17.9. The molecule has 2 aromatic rings. The highest BCUT2D eigenvalue weighted by atomic mass is 31.3. The van der Waals surface area contributed by atoms with Crippen molar-refractivity contribution in [2.75, 3.05) is 12.3 Å². The Balaban J connectivity index is 1.72. The number of anilines is 1. The molecule has 1 saturated heterocycles. The number of aliphatic hydroxyl groups is 2. The van der Waals surface area contributed by atoms with E-state index in [1.54, 1.807) is 0 Å². The molecule has 3 heterocycles. The fourth-order valence-electron chi connectivity index (χ4n) is 2.69. The van der Waals surface area contributed by atoms with Crippen molar-refractivity contribution in [3.05, 3.63) is 16.7 Å². The average Bonchev–Trinajstić information content (AvgIpc) is 3.12. The summed E-state index contributed by atoms with van der Waals surface area (Å²) in [6.07, 6.45) is -5.42. The molecule has 1 aliphatic rings. The van der Waals surface area contributed by atoms with E-state index in [0.717, 1.165) is 10.9 Å². The maximum Gasteiger partial charge on any atom is 0.519 e. The number of aromatic amines is 1. The van der Waals surface area contributed by atoms with Crippen LogP contribution in [0.5, 0.6) is 0 Å². The third-order valence-corrected chi connectivity index (χ3v) is 7.63. The van der Waals surface area contributed by atoms with E-state index in [-0.39, 0.29) is 17.1 Å². The number of H-pyrrole nitrogens is 1. The predicted molar refractivity (Wildman–Crippen MR) is 97.2 cm³/mol. The highest BCUT2D eigenvalue weighted by Gasteiger charge is 2.47. The first-order valence-corrected chi connectivity index (χ1v) is 12.5. The lowest BCUT2D eigenvalue weighted by atomic mass is 10.1. The average molecular weight is 525 g/mol. The van der Waals surface area contributed by atoms with E-state index >= 15 is 0 Å². The van der Waals surface area contributed by atoms with Gasteiger partial charge in [0.2, 0.25) is 5.95 Å². The SMILES string of the molecule is Nc1nc2c(ncn2[C@@H]2O[C@H](COP(=O)(O)OP(=O)(O)OP(=O)(O)F)[C@@H](O)[C@H]2O)c(=O)[nH]1. The number of nitrogens with one attached hydrogen (secondary N) is 1. The molecule has 0 saturated carbocycles. The van der Waals surface area contributed by atoms with Crippen LogP contribution in [0.15, 0.2) is 11.1 Å². The number of nitrogens with two attached hydrogens (primary N) is 1. The van der Waals surface area contributed by atoms with Crippen LogP contribution in [0.3, 0.4) is 0 Å². The predicted octanol–water partition coefficient (Wildman–Crippen LogP) is -1.36. The number of imidazole rings is 1. The van der Waals surface area contributed by atoms with Gasteiger partial charge in [0.15, 0.2) is 17.4 Å². The number of halogens is 1. The first-order valence-electron chi connectivity index (χ1n) is 8.08. The topological polar surface area (TPSA) is 279 Å². The molecule has 0 aliphatic carbocycles. The number of hydrogen-bond acceptors (Lipinski definition) is 13. The van der Waals surface area contributed by atoms with Crippen molar-refractivity contribution in [1.29, 1.82) is 0 Å². The number of ether oxygens (including phenoxy) is 1. The van der Waals surface area contributed by atoms with Gasteiger partial charge in [-0.3, -0.25) is 23.8 Å². The van der Waals surface area contributed by atoms with Crippen LogP contribution in [0.25, 0.3) is 11.2 Å². The largest absolute Gasteiger partial charge is 0.519 e. The molecule has 18 nitrogen and oxygen atoms in total. The molecule has 0 bridgehead atoms. The van der Waals surface area contributed by atoms with Gasteiger partial charge in [0.25, 0.3) is 5.56 Å². The number of nitrogen functional groups attached to an aromatic ring is 1. The van der Waals surface area contributed by atoms with Crippen LogP contribution in [0.4, 0.5) is 10.1 Å². The second-order valence-corrected chi connectivity index (χ2v) is 10.5. The third kappa shape index (κ3) is 5.66. The highest BCUT2D eigenvalue weighted by molar-refractivity contribution is 7.66. The van der Waals surface area contributed by atoms with E-state index in [1.165, 1.54) is 0 Å². The number of aromatic nitrogens is 4. The molecular formula is C10H15FN5O13P3. The molecule has 1 fully saturated rings. The Kier molecular flexibility index (Phi) is 6.76. The van der Waals surface area contributed by atoms with Crippen LogP contribution in [0.2, 0.25) is 0 Å². The van der Waals surface area contributed by atoms with Crippen LogP contribution in [-0.4, -0.2) is 69.3 Å². The fraction of sp³-hybridized carbons (Fsp3) is 0.500. The Hall–Kier alpha value is -1.59. The molecular weight excluding hydrogens is 510 g/mol. The standard InChI is InChI=1S/C10H15FN5O13P3/c11-30(20,21)28-32(24,25)29-31(22,23)26-1-3-5(17)6(18)9(27-3)16-2-13-4-7(16)14-10(12)15-8(4)19/h2-3,5-6,9,17-18H,1H2,(H,20,21)(H,22,23)(H,24,25)(H3,12,14,15,19)/t3-,5-,6-,9-/m1/s1. The minimum atomic E-state index is -6.07. The lowest BCUT2D eigenvalue weighted by Gasteiger charge is -2.18. The van der Waals surface area contributed by atoms with Crippen molar-refractivity contribution < 1.29 is 60.7 Å². The van der Waals surface area contributed by atoms with E-state index in [2.05, 4.69) is 28.1 Å². The molecule has 0 radical (unpaired) electrons. The summed E-state index contributed by atoms with van der Waals surface area (Å²) < 4.78 is 63.4. The minimum absolute atomic E-state index is 0.127. The van der Waals surface area contributed by atoms with Gasteiger partial charge in [-0.1, -0.05) is 0 Å². The Morgan fingerprint density at radius 2 is 1.84 bits per heavy atom. The summed E-state index contributed by atoms with van der Waals surface area (Å²) in [5.41, 5.74) is 4.46. The van der Waals surface area contributed by atoms with E-state index in [4.69, 9.17) is 20.3 Å². The lowest BCUT2D eigenvalue weighted by molar-refractivity contribution is -0.0503. The molecule has 180 valence electrons. The minimum Gasteiger partial charge on any atom is -0.387 e. The summed E-state index contributed by atoms with van der Waals surface area (Å²) in [6.45, 7) is -1.04. The number of phosphoric ester groups is 1. The summed E-state index contributed by atoms with van der Waals surface area (Å²) in [7, 11) is -17.5. The van der Waals surface area contributed by atoms with Gasteiger partial charge >= 0.3 is 23.6 Å². The summed E-state index contributed by atoms with van der Waals surface area (Å²) >= 11 is 0. The maximum atomic E-state index is 12.5. The zero-order valence-electron chi connectivity index (χ0n) is 15.2. The van der Waals surface area contributed by atoms with Gasteiger partial charge in [-0.25, -0.2) is 18.7 Å². The first-order chi connectivity index (χ1) is 14.6. The Bertz CT molecular complexity index is 1210. The maximum absolute atomic E-state index is 12.5. The van der Waals surface area contributed by atoms with Gasteiger partial charge in [-0.05, 0) is 0 Å². The van der Waals surface area contributed by atoms with Crippen molar-refractivity contribution in [3.63, 3.8) is 0 Å². The molecule has 22 heteroatoms. The van der Waals surface area contributed by atoms with Crippen molar-refractivity contribution in [1.82, 2.24) is 19.5 Å². The van der Waals surface area contributed by atoms with Crippen LogP contribution in [0.1, 0.15) is 6.23 Å². The van der Waals surface area contributed by atoms with Crippen LogP contribution < -0.4 is 11.3 Å². The molecule has 32 heavy (non-hydrogen) atoms. The molecule has 3 rings (SSSR count). The van der Waals surface area contributed by atoms with E-state index in [0.29, 0.717) is 0 Å². The molecule has 3 unspecified atom stereocenters. The number of rotatable bonds is 8. The summed E-state index contributed by atoms with van der Waals surface area (Å²) in [5.74, 6) is -0.285. The van der Waals surface area contributed by atoms with Gasteiger partial charge in [0.1, 0.15) is 18.3 Å². The molecule has 1 aliphatic heterocycles. The number of phosphoric acid groups is 2.